The van der Waals surface area contributed by atoms with E-state index in [0.717, 1.165) is 5.56 Å². The molecule has 2 aromatic rings. The van der Waals surface area contributed by atoms with Crippen LogP contribution in [0.4, 0.5) is 8.78 Å². The molecular weight excluding hydrogens is 230 g/mol. The number of hydrogen-bond acceptors (Lipinski definition) is 0. The van der Waals surface area contributed by atoms with Crippen molar-refractivity contribution in [3.8, 4) is 11.8 Å². The van der Waals surface area contributed by atoms with Gasteiger partial charge < -0.3 is 0 Å². The second-order valence-corrected chi connectivity index (χ2v) is 3.67. The summed E-state index contributed by atoms with van der Waals surface area (Å²) in [6, 6.07) is 12.3. The predicted octanol–water partition coefficient (Wildman–Crippen LogP) is 4.03. The Balaban J connectivity index is 2.08. The van der Waals surface area contributed by atoms with Gasteiger partial charge in [-0.25, -0.2) is 8.78 Å². The Morgan fingerprint density at radius 2 is 1.61 bits per heavy atom. The second kappa shape index (κ2) is 5.79. The summed E-state index contributed by atoms with van der Waals surface area (Å²) >= 11 is 0. The van der Waals surface area contributed by atoms with Crippen molar-refractivity contribution in [1.29, 1.82) is 0 Å². The van der Waals surface area contributed by atoms with Gasteiger partial charge in [0.1, 0.15) is 11.6 Å². The maximum atomic E-state index is 12.9. The summed E-state index contributed by atoms with van der Waals surface area (Å²) in [5, 5.41) is 0. The largest absolute Gasteiger partial charge is 0.207 e. The van der Waals surface area contributed by atoms with E-state index < -0.39 is 0 Å². The smallest absolute Gasteiger partial charge is 0.124 e. The van der Waals surface area contributed by atoms with Crippen molar-refractivity contribution in [1.82, 2.24) is 0 Å². The molecule has 0 unspecified atom stereocenters. The number of hydrogen-bond donors (Lipinski definition) is 0. The quantitative estimate of drug-likeness (QED) is 0.660. The van der Waals surface area contributed by atoms with Gasteiger partial charge in [0.25, 0.3) is 0 Å². The van der Waals surface area contributed by atoms with Crippen LogP contribution in [0.25, 0.3) is 6.08 Å². The Morgan fingerprint density at radius 3 is 2.33 bits per heavy atom. The molecule has 0 spiro atoms. The van der Waals surface area contributed by atoms with Gasteiger partial charge in [0.15, 0.2) is 0 Å². The van der Waals surface area contributed by atoms with Crippen LogP contribution in [0.2, 0.25) is 0 Å². The molecule has 0 nitrogen and oxygen atoms in total. The lowest BCUT2D eigenvalue weighted by Gasteiger charge is -1.91. The van der Waals surface area contributed by atoms with E-state index in [1.165, 1.54) is 24.3 Å². The van der Waals surface area contributed by atoms with Crippen LogP contribution in [0.5, 0.6) is 0 Å². The van der Waals surface area contributed by atoms with Crippen LogP contribution < -0.4 is 0 Å². The van der Waals surface area contributed by atoms with Gasteiger partial charge in [-0.15, -0.1) is 0 Å². The van der Waals surface area contributed by atoms with E-state index in [1.54, 1.807) is 36.4 Å². The zero-order chi connectivity index (χ0) is 12.8. The maximum Gasteiger partial charge on any atom is 0.124 e. The number of halogens is 2. The van der Waals surface area contributed by atoms with Gasteiger partial charge in [0.2, 0.25) is 0 Å². The molecule has 0 heterocycles. The highest BCUT2D eigenvalue weighted by molar-refractivity contribution is 5.53. The van der Waals surface area contributed by atoms with Crippen molar-refractivity contribution in [2.24, 2.45) is 0 Å². The van der Waals surface area contributed by atoms with Crippen LogP contribution in [-0.4, -0.2) is 0 Å². The predicted molar refractivity (Wildman–Crippen MR) is 68.7 cm³/mol. The molecule has 2 aromatic carbocycles. The third kappa shape index (κ3) is 3.57. The molecule has 0 aromatic heterocycles. The minimum Gasteiger partial charge on any atom is -0.207 e. The summed E-state index contributed by atoms with van der Waals surface area (Å²) in [5.74, 6) is 4.99. The second-order valence-electron chi connectivity index (χ2n) is 3.67. The molecular formula is C16H10F2. The Kier molecular flexibility index (Phi) is 3.88. The summed E-state index contributed by atoms with van der Waals surface area (Å²) in [5.41, 5.74) is 1.35. The van der Waals surface area contributed by atoms with Gasteiger partial charge in [-0.2, -0.15) is 0 Å². The normalized spacial score (nSPS) is 10.1. The molecule has 0 saturated carbocycles. The minimum atomic E-state index is -0.309. The third-order valence-corrected chi connectivity index (χ3v) is 2.25. The van der Waals surface area contributed by atoms with E-state index in [1.807, 2.05) is 0 Å². The zero-order valence-corrected chi connectivity index (χ0v) is 9.53. The van der Waals surface area contributed by atoms with Crippen LogP contribution in [0.1, 0.15) is 11.1 Å². The SMILES string of the molecule is Fc1cccc(C#C/C=C/c2cccc(F)c2)c1. The highest BCUT2D eigenvalue weighted by Crippen LogP contribution is 2.05. The highest BCUT2D eigenvalue weighted by Gasteiger charge is 1.90. The highest BCUT2D eigenvalue weighted by atomic mass is 19.1. The molecule has 88 valence electrons. The molecule has 2 rings (SSSR count). The lowest BCUT2D eigenvalue weighted by Crippen LogP contribution is -1.76. The summed E-state index contributed by atoms with van der Waals surface area (Å²) in [6.45, 7) is 0. The summed E-state index contributed by atoms with van der Waals surface area (Å²) in [4.78, 5) is 0. The molecule has 0 amide bonds. The van der Waals surface area contributed by atoms with E-state index in [2.05, 4.69) is 11.8 Å². The first kappa shape index (κ1) is 12.1. The first-order valence-electron chi connectivity index (χ1n) is 5.43. The van der Waals surface area contributed by atoms with Gasteiger partial charge in [0, 0.05) is 5.56 Å². The van der Waals surface area contributed by atoms with E-state index >= 15 is 0 Å². The fourth-order valence-electron chi connectivity index (χ4n) is 1.44. The number of allylic oxidation sites excluding steroid dienone is 1. The van der Waals surface area contributed by atoms with Crippen molar-refractivity contribution in [3.05, 3.63) is 77.4 Å². The Labute approximate surface area is 105 Å². The average molecular weight is 240 g/mol. The van der Waals surface area contributed by atoms with E-state index in [9.17, 15) is 8.78 Å². The van der Waals surface area contributed by atoms with Gasteiger partial charge in [-0.05, 0) is 48.0 Å². The number of rotatable bonds is 1. The van der Waals surface area contributed by atoms with Crippen molar-refractivity contribution in [3.63, 3.8) is 0 Å². The fourth-order valence-corrected chi connectivity index (χ4v) is 1.44. The Morgan fingerprint density at radius 1 is 0.889 bits per heavy atom. The molecule has 0 atom stereocenters. The molecule has 0 radical (unpaired) electrons. The number of benzene rings is 2. The molecule has 0 bridgehead atoms. The molecule has 0 fully saturated rings. The summed E-state index contributed by atoms with van der Waals surface area (Å²) < 4.78 is 25.7. The van der Waals surface area contributed by atoms with Crippen LogP contribution in [-0.2, 0) is 0 Å². The average Bonchev–Trinajstić information content (AvgIpc) is 2.35. The van der Waals surface area contributed by atoms with Crippen LogP contribution >= 0.6 is 0 Å². The van der Waals surface area contributed by atoms with E-state index in [-0.39, 0.29) is 11.6 Å². The van der Waals surface area contributed by atoms with Crippen molar-refractivity contribution >= 4 is 6.08 Å². The summed E-state index contributed by atoms with van der Waals surface area (Å²) in [7, 11) is 0. The monoisotopic (exact) mass is 240 g/mol. The van der Waals surface area contributed by atoms with Gasteiger partial charge in [-0.1, -0.05) is 30.0 Å². The Bertz CT molecular complexity index is 631. The zero-order valence-electron chi connectivity index (χ0n) is 9.53. The third-order valence-electron chi connectivity index (χ3n) is 2.25. The van der Waals surface area contributed by atoms with Crippen LogP contribution in [0.3, 0.4) is 0 Å². The van der Waals surface area contributed by atoms with Crippen molar-refractivity contribution in [2.45, 2.75) is 0 Å². The standard InChI is InChI=1S/C16H10F2/c17-15-9-3-7-13(11-15)5-1-2-6-14-8-4-10-16(18)12-14/h1,3-5,7-12H/b5-1+. The van der Waals surface area contributed by atoms with Gasteiger partial charge in [-0.3, -0.25) is 0 Å². The Hall–Kier alpha value is -2.40. The molecule has 0 aliphatic carbocycles. The summed E-state index contributed by atoms with van der Waals surface area (Å²) in [6.07, 6.45) is 3.31. The molecule has 18 heavy (non-hydrogen) atoms. The minimum absolute atomic E-state index is 0.282. The molecule has 0 saturated heterocycles. The molecule has 0 aliphatic rings. The lowest BCUT2D eigenvalue weighted by atomic mass is 10.2. The van der Waals surface area contributed by atoms with Gasteiger partial charge >= 0.3 is 0 Å². The van der Waals surface area contributed by atoms with E-state index in [4.69, 9.17) is 0 Å². The van der Waals surface area contributed by atoms with E-state index in [0.29, 0.717) is 5.56 Å². The molecule has 0 N–H and O–H groups in total. The fraction of sp³-hybridized carbons (Fsp3) is 0. The van der Waals surface area contributed by atoms with Crippen molar-refractivity contribution in [2.75, 3.05) is 0 Å². The lowest BCUT2D eigenvalue weighted by molar-refractivity contribution is 0.627. The first-order chi connectivity index (χ1) is 8.74. The van der Waals surface area contributed by atoms with Crippen LogP contribution in [0, 0.1) is 23.5 Å². The topological polar surface area (TPSA) is 0 Å². The van der Waals surface area contributed by atoms with Crippen LogP contribution in [0.15, 0.2) is 54.6 Å². The maximum absolute atomic E-state index is 12.9. The molecule has 0 aliphatic heterocycles. The first-order valence-corrected chi connectivity index (χ1v) is 5.43. The molecule has 2 heteroatoms. The van der Waals surface area contributed by atoms with Crippen molar-refractivity contribution < 1.29 is 8.78 Å². The van der Waals surface area contributed by atoms with Gasteiger partial charge in [0.05, 0.1) is 0 Å².